The van der Waals surface area contributed by atoms with Gasteiger partial charge in [-0.15, -0.1) is 10.2 Å². The zero-order valence-corrected chi connectivity index (χ0v) is 15.0. The molecule has 25 heavy (non-hydrogen) atoms. The lowest BCUT2D eigenvalue weighted by Gasteiger charge is -2.17. The van der Waals surface area contributed by atoms with E-state index in [9.17, 15) is 0 Å². The van der Waals surface area contributed by atoms with Crippen LogP contribution in [0.15, 0.2) is 36.4 Å². The van der Waals surface area contributed by atoms with Gasteiger partial charge in [-0.1, -0.05) is 44.0 Å². The van der Waals surface area contributed by atoms with Crippen LogP contribution in [-0.4, -0.2) is 21.9 Å². The van der Waals surface area contributed by atoms with Crippen LogP contribution in [-0.2, 0) is 13.0 Å². The molecule has 1 aromatic heterocycles. The molecule has 0 spiro atoms. The largest absolute Gasteiger partial charge is 0.497 e. The molecule has 3 aromatic rings. The zero-order chi connectivity index (χ0) is 17.2. The van der Waals surface area contributed by atoms with Crippen LogP contribution < -0.4 is 4.74 Å². The monoisotopic (exact) mass is 335 g/mol. The smallest absolute Gasteiger partial charge is 0.140 e. The van der Waals surface area contributed by atoms with E-state index in [2.05, 4.69) is 52.0 Å². The Kier molecular flexibility index (Phi) is 4.43. The first-order valence-corrected chi connectivity index (χ1v) is 9.26. The number of nitrogens with zero attached hydrogens (tertiary/aromatic N) is 3. The lowest BCUT2D eigenvalue weighted by atomic mass is 9.96. The molecule has 2 heterocycles. The van der Waals surface area contributed by atoms with E-state index in [4.69, 9.17) is 4.74 Å². The summed E-state index contributed by atoms with van der Waals surface area (Å²) in [5.74, 6) is 3.40. The topological polar surface area (TPSA) is 39.9 Å². The van der Waals surface area contributed by atoms with E-state index in [1.807, 2.05) is 6.07 Å². The Hall–Kier alpha value is -2.36. The van der Waals surface area contributed by atoms with Gasteiger partial charge in [0, 0.05) is 18.9 Å². The lowest BCUT2D eigenvalue weighted by Crippen LogP contribution is -2.13. The van der Waals surface area contributed by atoms with Crippen molar-refractivity contribution >= 4 is 10.8 Å². The van der Waals surface area contributed by atoms with Crippen LogP contribution in [0.4, 0.5) is 0 Å². The van der Waals surface area contributed by atoms with Crippen molar-refractivity contribution < 1.29 is 4.74 Å². The summed E-state index contributed by atoms with van der Waals surface area (Å²) in [6.45, 7) is 3.29. The van der Waals surface area contributed by atoms with E-state index in [0.29, 0.717) is 0 Å². The van der Waals surface area contributed by atoms with Gasteiger partial charge in [-0.2, -0.15) is 0 Å². The predicted octanol–water partition coefficient (Wildman–Crippen LogP) is 4.71. The van der Waals surface area contributed by atoms with Crippen LogP contribution in [0.1, 0.15) is 55.7 Å². The second kappa shape index (κ2) is 6.87. The molecular formula is C21H25N3O. The van der Waals surface area contributed by atoms with E-state index < -0.39 is 0 Å². The number of ether oxygens (including phenoxy) is 1. The van der Waals surface area contributed by atoms with E-state index in [0.717, 1.165) is 30.4 Å². The van der Waals surface area contributed by atoms with Crippen LogP contribution in [0.5, 0.6) is 5.75 Å². The fourth-order valence-corrected chi connectivity index (χ4v) is 3.79. The molecular weight excluding hydrogens is 310 g/mol. The van der Waals surface area contributed by atoms with Gasteiger partial charge >= 0.3 is 0 Å². The maximum absolute atomic E-state index is 5.32. The van der Waals surface area contributed by atoms with Gasteiger partial charge in [-0.05, 0) is 41.3 Å². The molecule has 0 radical (unpaired) electrons. The van der Waals surface area contributed by atoms with Crippen molar-refractivity contribution in [3.63, 3.8) is 0 Å². The third kappa shape index (κ3) is 3.13. The molecule has 0 aliphatic carbocycles. The average molecular weight is 335 g/mol. The summed E-state index contributed by atoms with van der Waals surface area (Å²) in [4.78, 5) is 0. The van der Waals surface area contributed by atoms with Crippen molar-refractivity contribution in [3.05, 3.63) is 53.6 Å². The van der Waals surface area contributed by atoms with Crippen LogP contribution >= 0.6 is 0 Å². The van der Waals surface area contributed by atoms with Crippen molar-refractivity contribution in [1.82, 2.24) is 14.8 Å². The molecule has 0 unspecified atom stereocenters. The molecule has 0 amide bonds. The summed E-state index contributed by atoms with van der Waals surface area (Å²) in [6.07, 6.45) is 6.12. The number of aryl methyl sites for hydroxylation is 1. The van der Waals surface area contributed by atoms with Gasteiger partial charge in [0.25, 0.3) is 0 Å². The quantitative estimate of drug-likeness (QED) is 0.696. The standard InChI is InChI=1S/C21H25N3O/c1-15(21-23-22-20-7-5-3-4-6-12-24(20)21)16-8-9-18-14-19(25-2)11-10-17(18)13-16/h8-11,13-15H,3-7,12H2,1-2H3/t15-/m0/s1. The highest BCUT2D eigenvalue weighted by atomic mass is 16.5. The molecule has 1 aliphatic rings. The molecule has 4 rings (SSSR count). The van der Waals surface area contributed by atoms with Crippen LogP contribution in [0.25, 0.3) is 10.8 Å². The van der Waals surface area contributed by atoms with E-state index in [-0.39, 0.29) is 5.92 Å². The minimum atomic E-state index is 0.243. The van der Waals surface area contributed by atoms with Crippen LogP contribution in [0, 0.1) is 0 Å². The molecule has 2 aromatic carbocycles. The minimum Gasteiger partial charge on any atom is -0.497 e. The molecule has 130 valence electrons. The maximum Gasteiger partial charge on any atom is 0.140 e. The molecule has 0 fully saturated rings. The van der Waals surface area contributed by atoms with Crippen molar-refractivity contribution in [1.29, 1.82) is 0 Å². The highest BCUT2D eigenvalue weighted by Gasteiger charge is 2.20. The maximum atomic E-state index is 5.32. The number of fused-ring (bicyclic) bond motifs is 2. The Morgan fingerprint density at radius 1 is 0.960 bits per heavy atom. The fraction of sp³-hybridized carbons (Fsp3) is 0.429. The predicted molar refractivity (Wildman–Crippen MR) is 100 cm³/mol. The second-order valence-corrected chi connectivity index (χ2v) is 6.98. The summed E-state index contributed by atoms with van der Waals surface area (Å²) in [5, 5.41) is 11.5. The summed E-state index contributed by atoms with van der Waals surface area (Å²) < 4.78 is 7.68. The number of aromatic nitrogens is 3. The molecule has 1 atom stereocenters. The Balaban J connectivity index is 1.68. The first kappa shape index (κ1) is 16.1. The highest BCUT2D eigenvalue weighted by molar-refractivity contribution is 5.84. The fourth-order valence-electron chi connectivity index (χ4n) is 3.79. The van der Waals surface area contributed by atoms with Gasteiger partial charge in [0.1, 0.15) is 17.4 Å². The van der Waals surface area contributed by atoms with Gasteiger partial charge in [0.15, 0.2) is 0 Å². The number of rotatable bonds is 3. The van der Waals surface area contributed by atoms with Crippen molar-refractivity contribution in [2.24, 2.45) is 0 Å². The van der Waals surface area contributed by atoms with E-state index in [1.54, 1.807) is 7.11 Å². The molecule has 0 saturated heterocycles. The van der Waals surface area contributed by atoms with Crippen LogP contribution in [0.3, 0.4) is 0 Å². The molecule has 4 heteroatoms. The van der Waals surface area contributed by atoms with Gasteiger partial charge < -0.3 is 9.30 Å². The van der Waals surface area contributed by atoms with Gasteiger partial charge in [-0.25, -0.2) is 0 Å². The summed E-state index contributed by atoms with van der Waals surface area (Å²) >= 11 is 0. The highest BCUT2D eigenvalue weighted by Crippen LogP contribution is 2.29. The van der Waals surface area contributed by atoms with E-state index >= 15 is 0 Å². The van der Waals surface area contributed by atoms with Crippen LogP contribution in [0.2, 0.25) is 0 Å². The first-order valence-electron chi connectivity index (χ1n) is 9.26. The third-order valence-electron chi connectivity index (χ3n) is 5.35. The molecule has 0 bridgehead atoms. The molecule has 4 nitrogen and oxygen atoms in total. The first-order chi connectivity index (χ1) is 12.3. The number of hydrogen-bond acceptors (Lipinski definition) is 3. The van der Waals surface area contributed by atoms with Crippen molar-refractivity contribution in [2.45, 2.75) is 51.5 Å². The Morgan fingerprint density at radius 2 is 1.76 bits per heavy atom. The van der Waals surface area contributed by atoms with Crippen molar-refractivity contribution in [2.75, 3.05) is 7.11 Å². The van der Waals surface area contributed by atoms with Gasteiger partial charge in [-0.3, -0.25) is 0 Å². The van der Waals surface area contributed by atoms with E-state index in [1.165, 1.54) is 42.0 Å². The minimum absolute atomic E-state index is 0.243. The molecule has 1 aliphatic heterocycles. The average Bonchev–Trinajstić information content (AvgIpc) is 3.01. The number of methoxy groups -OCH3 is 1. The summed E-state index contributed by atoms with van der Waals surface area (Å²) in [6, 6.07) is 12.9. The molecule has 0 N–H and O–H groups in total. The Bertz CT molecular complexity index is 884. The third-order valence-corrected chi connectivity index (χ3v) is 5.35. The molecule has 0 saturated carbocycles. The Morgan fingerprint density at radius 3 is 2.64 bits per heavy atom. The summed E-state index contributed by atoms with van der Waals surface area (Å²) in [7, 11) is 1.71. The normalized spacial score (nSPS) is 16.1. The van der Waals surface area contributed by atoms with Crippen molar-refractivity contribution in [3.8, 4) is 5.75 Å². The summed E-state index contributed by atoms with van der Waals surface area (Å²) in [5.41, 5.74) is 1.29. The van der Waals surface area contributed by atoms with Gasteiger partial charge in [0.05, 0.1) is 7.11 Å². The second-order valence-electron chi connectivity index (χ2n) is 6.98. The number of benzene rings is 2. The lowest BCUT2D eigenvalue weighted by molar-refractivity contribution is 0.415. The van der Waals surface area contributed by atoms with Gasteiger partial charge in [0.2, 0.25) is 0 Å². The SMILES string of the molecule is COc1ccc2cc([C@H](C)c3nnc4n3CCCCCC4)ccc2c1. The zero-order valence-electron chi connectivity index (χ0n) is 15.0. The number of hydrogen-bond donors (Lipinski definition) is 0. The Labute approximate surface area is 148 Å².